The van der Waals surface area contributed by atoms with Crippen molar-refractivity contribution in [3.05, 3.63) is 83.9 Å². The van der Waals surface area contributed by atoms with Crippen molar-refractivity contribution >= 4 is 33.3 Å². The summed E-state index contributed by atoms with van der Waals surface area (Å²) in [6, 6.07) is 20.9. The summed E-state index contributed by atoms with van der Waals surface area (Å²) in [5.41, 5.74) is 3.64. The third-order valence-electron chi connectivity index (χ3n) is 8.19. The van der Waals surface area contributed by atoms with E-state index < -0.39 is 16.1 Å². The van der Waals surface area contributed by atoms with E-state index in [1.165, 1.54) is 15.3 Å². The first-order valence-corrected chi connectivity index (χ1v) is 15.7. The van der Waals surface area contributed by atoms with Crippen LogP contribution in [0.5, 0.6) is 5.75 Å². The number of anilines is 2. The molecule has 0 radical (unpaired) electrons. The number of nitrogens with one attached hydrogen (secondary N) is 1. The highest BCUT2D eigenvalue weighted by molar-refractivity contribution is 7.89. The van der Waals surface area contributed by atoms with Gasteiger partial charge in [-0.1, -0.05) is 35.9 Å². The molecule has 0 bridgehead atoms. The summed E-state index contributed by atoms with van der Waals surface area (Å²) in [6.45, 7) is 4.82. The molecule has 6 rings (SSSR count). The van der Waals surface area contributed by atoms with Crippen LogP contribution < -0.4 is 15.0 Å². The number of para-hydroxylation sites is 1. The van der Waals surface area contributed by atoms with Gasteiger partial charge in [-0.25, -0.2) is 13.2 Å². The van der Waals surface area contributed by atoms with Gasteiger partial charge in [0.2, 0.25) is 15.9 Å². The first kappa shape index (κ1) is 28.0. The fraction of sp³-hybridized carbons (Fsp3) is 0.355. The number of benzene rings is 3. The normalized spacial score (nSPS) is 19.3. The molecule has 2 saturated heterocycles. The summed E-state index contributed by atoms with van der Waals surface area (Å²) < 4.78 is 34.9. The Balaban J connectivity index is 1.23. The Morgan fingerprint density at radius 2 is 1.57 bits per heavy atom. The fourth-order valence-corrected chi connectivity index (χ4v) is 7.39. The minimum atomic E-state index is -4.02. The number of urea groups is 1. The molecule has 3 aromatic rings. The summed E-state index contributed by atoms with van der Waals surface area (Å²) in [7, 11) is -4.02. The molecule has 11 heteroatoms. The van der Waals surface area contributed by atoms with E-state index in [2.05, 4.69) is 10.2 Å². The van der Waals surface area contributed by atoms with E-state index in [4.69, 9.17) is 4.74 Å². The Hall–Kier alpha value is -4.09. The molecule has 10 nitrogen and oxygen atoms in total. The van der Waals surface area contributed by atoms with Crippen LogP contribution in [0.4, 0.5) is 16.2 Å². The number of carbonyl (C=O) groups excluding carboxylic acids is 2. The molecular weight excluding hydrogens is 554 g/mol. The van der Waals surface area contributed by atoms with Crippen molar-refractivity contribution in [2.75, 3.05) is 62.6 Å². The summed E-state index contributed by atoms with van der Waals surface area (Å²) in [6.07, 6.45) is 0.639. The van der Waals surface area contributed by atoms with Gasteiger partial charge >= 0.3 is 6.03 Å². The number of hydrogen-bond acceptors (Lipinski definition) is 6. The van der Waals surface area contributed by atoms with E-state index in [1.807, 2.05) is 61.5 Å². The first-order chi connectivity index (χ1) is 20.3. The summed E-state index contributed by atoms with van der Waals surface area (Å²) in [4.78, 5) is 32.9. The minimum Gasteiger partial charge on any atom is -0.493 e. The van der Waals surface area contributed by atoms with Crippen molar-refractivity contribution < 1.29 is 22.7 Å². The van der Waals surface area contributed by atoms with Crippen LogP contribution in [0.25, 0.3) is 0 Å². The van der Waals surface area contributed by atoms with Crippen molar-refractivity contribution in [2.24, 2.45) is 0 Å². The number of piperazine rings is 2. The zero-order valence-electron chi connectivity index (χ0n) is 23.6. The van der Waals surface area contributed by atoms with Gasteiger partial charge in [-0.05, 0) is 55.0 Å². The van der Waals surface area contributed by atoms with E-state index in [0.717, 1.165) is 16.8 Å². The molecule has 3 aromatic carbocycles. The zero-order valence-corrected chi connectivity index (χ0v) is 24.4. The second kappa shape index (κ2) is 11.7. The van der Waals surface area contributed by atoms with Crippen LogP contribution in [-0.2, 0) is 21.2 Å². The standard InChI is InChI=1S/C31H35N5O5S/c1-23-7-9-25(10-8-23)32-31(38)35-18-19-36(42(39,40)27-11-12-29-24(21-27)13-20-41-29)28(22-35)30(37)34-16-14-33(15-17-34)26-5-3-2-4-6-26/h2-12,21,28H,13-20,22H2,1H3,(H,32,38). The fourth-order valence-electron chi connectivity index (χ4n) is 5.77. The Morgan fingerprint density at radius 3 is 2.31 bits per heavy atom. The zero-order chi connectivity index (χ0) is 29.3. The van der Waals surface area contributed by atoms with Crippen LogP contribution in [0.15, 0.2) is 77.7 Å². The lowest BCUT2D eigenvalue weighted by Crippen LogP contribution is -2.63. The molecule has 220 valence electrons. The van der Waals surface area contributed by atoms with Crippen LogP contribution in [0.2, 0.25) is 0 Å². The van der Waals surface area contributed by atoms with Crippen LogP contribution in [0.1, 0.15) is 11.1 Å². The van der Waals surface area contributed by atoms with E-state index in [1.54, 1.807) is 17.0 Å². The van der Waals surface area contributed by atoms with Gasteiger partial charge in [0, 0.05) is 63.6 Å². The van der Waals surface area contributed by atoms with E-state index in [0.29, 0.717) is 50.6 Å². The van der Waals surface area contributed by atoms with Gasteiger partial charge in [-0.15, -0.1) is 0 Å². The number of fused-ring (bicyclic) bond motifs is 1. The molecule has 0 saturated carbocycles. The van der Waals surface area contributed by atoms with Crippen molar-refractivity contribution in [3.63, 3.8) is 0 Å². The molecule has 0 spiro atoms. The van der Waals surface area contributed by atoms with Crippen LogP contribution in [0, 0.1) is 6.92 Å². The Labute approximate surface area is 246 Å². The second-order valence-corrected chi connectivity index (χ2v) is 12.8. The lowest BCUT2D eigenvalue weighted by atomic mass is 10.1. The van der Waals surface area contributed by atoms with Crippen molar-refractivity contribution in [3.8, 4) is 5.75 Å². The molecule has 3 aliphatic rings. The van der Waals surface area contributed by atoms with Gasteiger partial charge in [-0.3, -0.25) is 4.79 Å². The smallest absolute Gasteiger partial charge is 0.321 e. The first-order valence-electron chi connectivity index (χ1n) is 14.3. The summed E-state index contributed by atoms with van der Waals surface area (Å²) in [5, 5.41) is 2.89. The number of hydrogen-bond donors (Lipinski definition) is 1. The third kappa shape index (κ3) is 5.66. The van der Waals surface area contributed by atoms with Crippen molar-refractivity contribution in [1.29, 1.82) is 0 Å². The Bertz CT molecular complexity index is 1560. The maximum absolute atomic E-state index is 14.1. The predicted octanol–water partition coefficient (Wildman–Crippen LogP) is 3.19. The average molecular weight is 590 g/mol. The van der Waals surface area contributed by atoms with E-state index in [-0.39, 0.29) is 36.5 Å². The average Bonchev–Trinajstić information content (AvgIpc) is 3.50. The number of aryl methyl sites for hydroxylation is 1. The number of carbonyl (C=O) groups is 2. The molecule has 0 aliphatic carbocycles. The topological polar surface area (TPSA) is 102 Å². The van der Waals surface area contributed by atoms with Gasteiger partial charge in [0.25, 0.3) is 0 Å². The lowest BCUT2D eigenvalue weighted by Gasteiger charge is -2.43. The van der Waals surface area contributed by atoms with E-state index >= 15 is 0 Å². The van der Waals surface area contributed by atoms with Gasteiger partial charge in [0.15, 0.2) is 0 Å². The van der Waals surface area contributed by atoms with Crippen LogP contribution in [-0.4, -0.2) is 92.9 Å². The maximum atomic E-state index is 14.1. The quantitative estimate of drug-likeness (QED) is 0.491. The van der Waals surface area contributed by atoms with Crippen LogP contribution in [0.3, 0.4) is 0 Å². The Morgan fingerprint density at radius 1 is 0.857 bits per heavy atom. The highest BCUT2D eigenvalue weighted by Crippen LogP contribution is 2.31. The van der Waals surface area contributed by atoms with Gasteiger partial charge in [0.05, 0.1) is 11.5 Å². The van der Waals surface area contributed by atoms with E-state index in [9.17, 15) is 18.0 Å². The monoisotopic (exact) mass is 589 g/mol. The van der Waals surface area contributed by atoms with Crippen molar-refractivity contribution in [2.45, 2.75) is 24.3 Å². The molecule has 42 heavy (non-hydrogen) atoms. The minimum absolute atomic E-state index is 0.0115. The molecule has 1 unspecified atom stereocenters. The number of ether oxygens (including phenoxy) is 1. The van der Waals surface area contributed by atoms with Gasteiger partial charge in [0.1, 0.15) is 11.8 Å². The van der Waals surface area contributed by atoms with Gasteiger partial charge < -0.3 is 24.8 Å². The van der Waals surface area contributed by atoms with Crippen LogP contribution >= 0.6 is 0 Å². The molecule has 3 aliphatic heterocycles. The number of nitrogens with zero attached hydrogens (tertiary/aromatic N) is 4. The number of rotatable bonds is 5. The molecule has 1 N–H and O–H groups in total. The molecule has 0 aromatic heterocycles. The maximum Gasteiger partial charge on any atom is 0.321 e. The molecule has 1 atom stereocenters. The largest absolute Gasteiger partial charge is 0.493 e. The molecule has 2 fully saturated rings. The SMILES string of the molecule is Cc1ccc(NC(=O)N2CCN(S(=O)(=O)c3ccc4c(c3)CCO4)C(C(=O)N3CCN(c4ccccc4)CC3)C2)cc1. The highest BCUT2D eigenvalue weighted by atomic mass is 32.2. The summed E-state index contributed by atoms with van der Waals surface area (Å²) >= 11 is 0. The lowest BCUT2D eigenvalue weighted by molar-refractivity contribution is -0.137. The number of amides is 3. The summed E-state index contributed by atoms with van der Waals surface area (Å²) in [5.74, 6) is 0.402. The number of sulfonamides is 1. The highest BCUT2D eigenvalue weighted by Gasteiger charge is 2.43. The molecule has 3 amide bonds. The predicted molar refractivity (Wildman–Crippen MR) is 160 cm³/mol. The Kier molecular flexibility index (Phi) is 7.78. The third-order valence-corrected chi connectivity index (χ3v) is 10.1. The second-order valence-electron chi connectivity index (χ2n) is 10.9. The van der Waals surface area contributed by atoms with Crippen molar-refractivity contribution in [1.82, 2.24) is 14.1 Å². The van der Waals surface area contributed by atoms with Gasteiger partial charge in [-0.2, -0.15) is 4.31 Å². The molecular formula is C31H35N5O5S. The molecule has 3 heterocycles.